The van der Waals surface area contributed by atoms with Crippen LogP contribution in [0.3, 0.4) is 0 Å². The second-order valence-electron chi connectivity index (χ2n) is 4.09. The van der Waals surface area contributed by atoms with Crippen LogP contribution < -0.4 is 10.5 Å². The van der Waals surface area contributed by atoms with E-state index in [0.717, 1.165) is 5.39 Å². The van der Waals surface area contributed by atoms with Crippen molar-refractivity contribution in [3.8, 4) is 5.88 Å². The number of pyridine rings is 1. The number of carboxylic acid groups (broad SMARTS) is 1. The molecule has 0 saturated heterocycles. The lowest BCUT2D eigenvalue weighted by molar-refractivity contribution is -0.137. The van der Waals surface area contributed by atoms with Crippen LogP contribution in [-0.4, -0.2) is 23.2 Å². The molecule has 0 radical (unpaired) electrons. The van der Waals surface area contributed by atoms with Crippen molar-refractivity contribution in [2.75, 3.05) is 7.11 Å². The Labute approximate surface area is 115 Å². The smallest absolute Gasteiger partial charge is 0.305 e. The summed E-state index contributed by atoms with van der Waals surface area (Å²) in [5.41, 5.74) is 7.11. The van der Waals surface area contributed by atoms with Crippen LogP contribution in [-0.2, 0) is 4.79 Å². The van der Waals surface area contributed by atoms with Gasteiger partial charge in [-0.25, -0.2) is 4.98 Å². The highest BCUT2D eigenvalue weighted by Crippen LogP contribution is 2.31. The van der Waals surface area contributed by atoms with Crippen LogP contribution in [0.2, 0.25) is 5.02 Å². The van der Waals surface area contributed by atoms with E-state index in [1.807, 2.05) is 0 Å². The first-order chi connectivity index (χ1) is 9.02. The Hall–Kier alpha value is -1.85. The highest BCUT2D eigenvalue weighted by atomic mass is 35.5. The van der Waals surface area contributed by atoms with Crippen LogP contribution in [0.1, 0.15) is 18.0 Å². The monoisotopic (exact) mass is 280 g/mol. The highest BCUT2D eigenvalue weighted by molar-refractivity contribution is 6.36. The fourth-order valence-electron chi connectivity index (χ4n) is 1.86. The summed E-state index contributed by atoms with van der Waals surface area (Å²) in [6, 6.07) is 6.28. The zero-order valence-electron chi connectivity index (χ0n) is 10.3. The Morgan fingerprint density at radius 2 is 2.21 bits per heavy atom. The van der Waals surface area contributed by atoms with E-state index in [-0.39, 0.29) is 6.42 Å². The van der Waals surface area contributed by atoms with E-state index in [9.17, 15) is 4.79 Å². The topological polar surface area (TPSA) is 85.4 Å². The largest absolute Gasteiger partial charge is 0.481 e. The third-order valence-corrected chi connectivity index (χ3v) is 3.23. The maximum absolute atomic E-state index is 10.7. The Bertz CT molecular complexity index is 631. The number of nitrogens with zero attached hydrogens (tertiary/aromatic N) is 1. The molecule has 0 fully saturated rings. The molecule has 6 heteroatoms. The van der Waals surface area contributed by atoms with E-state index in [4.69, 9.17) is 27.2 Å². The lowest BCUT2D eigenvalue weighted by Gasteiger charge is -2.13. The van der Waals surface area contributed by atoms with Crippen LogP contribution in [0.25, 0.3) is 10.9 Å². The zero-order chi connectivity index (χ0) is 14.0. The van der Waals surface area contributed by atoms with Gasteiger partial charge in [0.25, 0.3) is 0 Å². The molecule has 0 amide bonds. The maximum atomic E-state index is 10.7. The summed E-state index contributed by atoms with van der Waals surface area (Å²) < 4.78 is 5.04. The second kappa shape index (κ2) is 5.42. The SMILES string of the molecule is COc1ccc2c(Cl)c(C(N)CC(=O)O)ccc2n1. The van der Waals surface area contributed by atoms with Crippen molar-refractivity contribution in [1.82, 2.24) is 4.98 Å². The molecule has 1 unspecified atom stereocenters. The number of nitrogens with two attached hydrogens (primary N) is 1. The van der Waals surface area contributed by atoms with E-state index in [2.05, 4.69) is 4.98 Å². The van der Waals surface area contributed by atoms with Gasteiger partial charge in [-0.2, -0.15) is 0 Å². The Balaban J connectivity index is 2.48. The minimum Gasteiger partial charge on any atom is -0.481 e. The number of fused-ring (bicyclic) bond motifs is 1. The molecule has 1 aromatic carbocycles. The lowest BCUT2D eigenvalue weighted by atomic mass is 10.0. The van der Waals surface area contributed by atoms with Crippen molar-refractivity contribution in [2.45, 2.75) is 12.5 Å². The molecule has 2 aromatic rings. The number of halogens is 1. The van der Waals surface area contributed by atoms with Crippen molar-refractivity contribution >= 4 is 28.5 Å². The molecule has 1 aromatic heterocycles. The number of carbonyl (C=O) groups is 1. The van der Waals surface area contributed by atoms with Gasteiger partial charge in [-0.05, 0) is 17.7 Å². The van der Waals surface area contributed by atoms with E-state index in [0.29, 0.717) is 22.0 Å². The summed E-state index contributed by atoms with van der Waals surface area (Å²) in [4.78, 5) is 14.9. The highest BCUT2D eigenvalue weighted by Gasteiger charge is 2.16. The standard InChI is InChI=1S/C13H13ClN2O3/c1-19-11-5-3-8-10(16-11)4-2-7(13(8)14)9(15)6-12(17)18/h2-5,9H,6,15H2,1H3,(H,17,18). The maximum Gasteiger partial charge on any atom is 0.305 e. The number of benzene rings is 1. The van der Waals surface area contributed by atoms with Gasteiger partial charge in [0.15, 0.2) is 0 Å². The van der Waals surface area contributed by atoms with Gasteiger partial charge in [0.1, 0.15) is 0 Å². The van der Waals surface area contributed by atoms with Crippen molar-refractivity contribution < 1.29 is 14.6 Å². The Kier molecular flexibility index (Phi) is 3.87. The van der Waals surface area contributed by atoms with E-state index in [1.165, 1.54) is 7.11 Å². The van der Waals surface area contributed by atoms with Crippen molar-refractivity contribution in [1.29, 1.82) is 0 Å². The third-order valence-electron chi connectivity index (χ3n) is 2.81. The van der Waals surface area contributed by atoms with Crippen molar-refractivity contribution in [3.63, 3.8) is 0 Å². The summed E-state index contributed by atoms with van der Waals surface area (Å²) >= 11 is 6.26. The van der Waals surface area contributed by atoms with Crippen LogP contribution in [0.4, 0.5) is 0 Å². The van der Waals surface area contributed by atoms with Crippen LogP contribution >= 0.6 is 11.6 Å². The third kappa shape index (κ3) is 2.77. The summed E-state index contributed by atoms with van der Waals surface area (Å²) in [6.45, 7) is 0. The number of methoxy groups -OCH3 is 1. The van der Waals surface area contributed by atoms with E-state index in [1.54, 1.807) is 24.3 Å². The van der Waals surface area contributed by atoms with Gasteiger partial charge in [-0.15, -0.1) is 0 Å². The molecule has 2 rings (SSSR count). The number of ether oxygens (including phenoxy) is 1. The lowest BCUT2D eigenvalue weighted by Crippen LogP contribution is -2.15. The molecule has 19 heavy (non-hydrogen) atoms. The van der Waals surface area contributed by atoms with Crippen LogP contribution in [0.15, 0.2) is 24.3 Å². The summed E-state index contributed by atoms with van der Waals surface area (Å²) in [7, 11) is 1.53. The Morgan fingerprint density at radius 1 is 1.47 bits per heavy atom. The molecule has 3 N–H and O–H groups in total. The van der Waals surface area contributed by atoms with Gasteiger partial charge in [0, 0.05) is 17.5 Å². The molecule has 100 valence electrons. The molecular formula is C13H13ClN2O3. The fourth-order valence-corrected chi connectivity index (χ4v) is 2.23. The predicted octanol–water partition coefficient (Wildman–Crippen LogP) is 2.37. The number of aromatic nitrogens is 1. The first kappa shape index (κ1) is 13.6. The number of carboxylic acids is 1. The molecular weight excluding hydrogens is 268 g/mol. The minimum absolute atomic E-state index is 0.172. The molecule has 0 aliphatic rings. The quantitative estimate of drug-likeness (QED) is 0.898. The molecule has 0 bridgehead atoms. The van der Waals surface area contributed by atoms with Crippen LogP contribution in [0, 0.1) is 0 Å². The van der Waals surface area contributed by atoms with E-state index >= 15 is 0 Å². The zero-order valence-corrected chi connectivity index (χ0v) is 11.0. The molecule has 0 saturated carbocycles. The van der Waals surface area contributed by atoms with Gasteiger partial charge < -0.3 is 15.6 Å². The molecule has 1 atom stereocenters. The summed E-state index contributed by atoms with van der Waals surface area (Å²) in [6.07, 6.45) is -0.172. The molecule has 0 aliphatic heterocycles. The molecule has 5 nitrogen and oxygen atoms in total. The van der Waals surface area contributed by atoms with Gasteiger partial charge >= 0.3 is 5.97 Å². The fraction of sp³-hybridized carbons (Fsp3) is 0.231. The number of rotatable bonds is 4. The normalized spacial score (nSPS) is 12.4. The van der Waals surface area contributed by atoms with Crippen molar-refractivity contribution in [2.24, 2.45) is 5.73 Å². The second-order valence-corrected chi connectivity index (χ2v) is 4.47. The molecule has 0 spiro atoms. The summed E-state index contributed by atoms with van der Waals surface area (Å²) in [5.74, 6) is -0.470. The average molecular weight is 281 g/mol. The number of hydrogen-bond acceptors (Lipinski definition) is 4. The van der Waals surface area contributed by atoms with Gasteiger partial charge in [-0.3, -0.25) is 4.79 Å². The molecule has 1 heterocycles. The van der Waals surface area contributed by atoms with Gasteiger partial charge in [-0.1, -0.05) is 17.7 Å². The Morgan fingerprint density at radius 3 is 2.84 bits per heavy atom. The van der Waals surface area contributed by atoms with Gasteiger partial charge in [0.2, 0.25) is 5.88 Å². The van der Waals surface area contributed by atoms with Crippen molar-refractivity contribution in [3.05, 3.63) is 34.9 Å². The minimum atomic E-state index is -0.962. The number of aliphatic carboxylic acids is 1. The summed E-state index contributed by atoms with van der Waals surface area (Å²) in [5, 5.41) is 9.92. The average Bonchev–Trinajstić information content (AvgIpc) is 2.37. The number of hydrogen-bond donors (Lipinski definition) is 2. The first-order valence-electron chi connectivity index (χ1n) is 5.63. The van der Waals surface area contributed by atoms with E-state index < -0.39 is 12.0 Å². The molecule has 0 aliphatic carbocycles. The van der Waals surface area contributed by atoms with Gasteiger partial charge in [0.05, 0.1) is 24.1 Å². The predicted molar refractivity (Wildman–Crippen MR) is 72.5 cm³/mol. The first-order valence-corrected chi connectivity index (χ1v) is 6.01. The van der Waals surface area contributed by atoms with Crippen LogP contribution in [0.5, 0.6) is 5.88 Å².